The standard InChI is InChI=1S/C17H15F3O5S/c1-3-24-16(21)15-13(12-7-5-4-6-8-12)9-11(2)10-14(15)25-26(22,23)17(18,19)20/h4-10H,3H2,1-2H3. The lowest BCUT2D eigenvalue weighted by molar-refractivity contribution is -0.0500. The largest absolute Gasteiger partial charge is 0.534 e. The van der Waals surface area contributed by atoms with Gasteiger partial charge < -0.3 is 8.92 Å². The summed E-state index contributed by atoms with van der Waals surface area (Å²) in [6, 6.07) is 10.9. The van der Waals surface area contributed by atoms with E-state index < -0.39 is 32.9 Å². The molecule has 5 nitrogen and oxygen atoms in total. The van der Waals surface area contributed by atoms with Crippen LogP contribution in [0.5, 0.6) is 5.75 Å². The maximum absolute atomic E-state index is 12.7. The molecule has 0 aliphatic rings. The van der Waals surface area contributed by atoms with Gasteiger partial charge in [-0.1, -0.05) is 36.4 Å². The Morgan fingerprint density at radius 1 is 1.12 bits per heavy atom. The van der Waals surface area contributed by atoms with Crippen LogP contribution in [0.25, 0.3) is 11.1 Å². The summed E-state index contributed by atoms with van der Waals surface area (Å²) < 4.78 is 70.0. The van der Waals surface area contributed by atoms with Crippen molar-refractivity contribution in [2.45, 2.75) is 19.4 Å². The third-order valence-electron chi connectivity index (χ3n) is 3.29. The highest BCUT2D eigenvalue weighted by molar-refractivity contribution is 7.88. The molecule has 0 N–H and O–H groups in total. The molecule has 0 bridgehead atoms. The fourth-order valence-corrected chi connectivity index (χ4v) is 2.71. The minimum absolute atomic E-state index is 0.0492. The molecule has 2 aromatic carbocycles. The molecule has 26 heavy (non-hydrogen) atoms. The Bertz CT molecular complexity index is 906. The smallest absolute Gasteiger partial charge is 0.462 e. The number of aryl methyl sites for hydroxylation is 1. The summed E-state index contributed by atoms with van der Waals surface area (Å²) in [7, 11) is -5.95. The first-order chi connectivity index (χ1) is 12.1. The van der Waals surface area contributed by atoms with Gasteiger partial charge in [0.1, 0.15) is 5.56 Å². The van der Waals surface area contributed by atoms with Crippen molar-refractivity contribution in [3.63, 3.8) is 0 Å². The number of ether oxygens (including phenoxy) is 1. The Kier molecular flexibility index (Phi) is 5.60. The van der Waals surface area contributed by atoms with Gasteiger partial charge in [-0.25, -0.2) is 4.79 Å². The zero-order chi connectivity index (χ0) is 19.5. The molecule has 0 amide bonds. The number of carbonyl (C=O) groups excluding carboxylic acids is 1. The lowest BCUT2D eigenvalue weighted by atomic mass is 9.96. The van der Waals surface area contributed by atoms with Gasteiger partial charge in [-0.05, 0) is 31.0 Å². The molecule has 0 unspecified atom stereocenters. The second kappa shape index (κ2) is 7.36. The molecule has 0 spiro atoms. The van der Waals surface area contributed by atoms with E-state index in [9.17, 15) is 26.4 Å². The third-order valence-corrected chi connectivity index (χ3v) is 4.26. The van der Waals surface area contributed by atoms with Crippen LogP contribution < -0.4 is 4.18 Å². The second-order valence-electron chi connectivity index (χ2n) is 5.26. The average Bonchev–Trinajstić information content (AvgIpc) is 2.53. The van der Waals surface area contributed by atoms with Gasteiger partial charge in [0.05, 0.1) is 6.61 Å². The molecule has 0 atom stereocenters. The van der Waals surface area contributed by atoms with E-state index in [0.717, 1.165) is 6.07 Å². The zero-order valence-electron chi connectivity index (χ0n) is 13.8. The monoisotopic (exact) mass is 388 g/mol. The van der Waals surface area contributed by atoms with Gasteiger partial charge in [0, 0.05) is 5.56 Å². The fourth-order valence-electron chi connectivity index (χ4n) is 2.24. The molecule has 0 saturated heterocycles. The van der Waals surface area contributed by atoms with E-state index in [1.165, 1.54) is 19.9 Å². The van der Waals surface area contributed by atoms with Crippen molar-refractivity contribution in [2.24, 2.45) is 0 Å². The third kappa shape index (κ3) is 4.16. The minimum atomic E-state index is -5.95. The molecule has 0 fully saturated rings. The van der Waals surface area contributed by atoms with E-state index in [-0.39, 0.29) is 12.2 Å². The molecule has 140 valence electrons. The number of carbonyl (C=O) groups is 1. The Morgan fingerprint density at radius 3 is 2.27 bits per heavy atom. The van der Waals surface area contributed by atoms with E-state index in [4.69, 9.17) is 4.74 Å². The van der Waals surface area contributed by atoms with E-state index in [0.29, 0.717) is 11.1 Å². The Morgan fingerprint density at radius 2 is 1.73 bits per heavy atom. The summed E-state index contributed by atoms with van der Waals surface area (Å²) in [4.78, 5) is 12.3. The number of hydrogen-bond acceptors (Lipinski definition) is 5. The lowest BCUT2D eigenvalue weighted by Crippen LogP contribution is -2.29. The highest BCUT2D eigenvalue weighted by atomic mass is 32.2. The Balaban J connectivity index is 2.72. The highest BCUT2D eigenvalue weighted by Gasteiger charge is 2.49. The topological polar surface area (TPSA) is 69.7 Å². The van der Waals surface area contributed by atoms with Crippen molar-refractivity contribution in [2.75, 3.05) is 6.61 Å². The van der Waals surface area contributed by atoms with E-state index >= 15 is 0 Å². The Hall–Kier alpha value is -2.55. The Labute approximate surface area is 148 Å². The molecular formula is C17H15F3O5S. The molecule has 2 aromatic rings. The SMILES string of the molecule is CCOC(=O)c1c(OS(=O)(=O)C(F)(F)F)cc(C)cc1-c1ccccc1. The number of halogens is 3. The first-order valence-corrected chi connectivity index (χ1v) is 8.85. The lowest BCUT2D eigenvalue weighted by Gasteiger charge is -2.16. The molecule has 0 radical (unpaired) electrons. The first kappa shape index (κ1) is 19.8. The van der Waals surface area contributed by atoms with Gasteiger partial charge in [-0.15, -0.1) is 0 Å². The number of hydrogen-bond donors (Lipinski definition) is 0. The van der Waals surface area contributed by atoms with E-state index in [1.54, 1.807) is 30.3 Å². The van der Waals surface area contributed by atoms with E-state index in [1.807, 2.05) is 0 Å². The van der Waals surface area contributed by atoms with Crippen LogP contribution in [0, 0.1) is 6.92 Å². The molecular weight excluding hydrogens is 373 g/mol. The molecule has 0 saturated carbocycles. The van der Waals surface area contributed by atoms with Gasteiger partial charge in [0.15, 0.2) is 5.75 Å². The van der Waals surface area contributed by atoms with Crippen molar-refractivity contribution in [1.29, 1.82) is 0 Å². The summed E-state index contributed by atoms with van der Waals surface area (Å²) in [5.41, 5.74) is -4.92. The fraction of sp³-hybridized carbons (Fsp3) is 0.235. The number of benzene rings is 2. The maximum atomic E-state index is 12.7. The van der Waals surface area contributed by atoms with E-state index in [2.05, 4.69) is 4.18 Å². The number of esters is 1. The van der Waals surface area contributed by atoms with Gasteiger partial charge in [-0.3, -0.25) is 0 Å². The van der Waals surface area contributed by atoms with Gasteiger partial charge in [0.25, 0.3) is 0 Å². The summed E-state index contributed by atoms with van der Waals surface area (Å²) in [6.07, 6.45) is 0. The normalized spacial score (nSPS) is 11.9. The minimum Gasteiger partial charge on any atom is -0.462 e. The second-order valence-corrected chi connectivity index (χ2v) is 6.79. The number of rotatable bonds is 5. The molecule has 0 aliphatic carbocycles. The zero-order valence-corrected chi connectivity index (χ0v) is 14.6. The highest BCUT2D eigenvalue weighted by Crippen LogP contribution is 2.36. The van der Waals surface area contributed by atoms with Crippen LogP contribution >= 0.6 is 0 Å². The summed E-state index contributed by atoms with van der Waals surface area (Å²) in [6.45, 7) is 3.00. The molecule has 0 aliphatic heterocycles. The maximum Gasteiger partial charge on any atom is 0.534 e. The predicted molar refractivity (Wildman–Crippen MR) is 88.2 cm³/mol. The van der Waals surface area contributed by atoms with Crippen LogP contribution in [0.4, 0.5) is 13.2 Å². The van der Waals surface area contributed by atoms with Crippen molar-refractivity contribution < 1.29 is 35.3 Å². The summed E-state index contributed by atoms with van der Waals surface area (Å²) >= 11 is 0. The van der Waals surface area contributed by atoms with Crippen molar-refractivity contribution in [1.82, 2.24) is 0 Å². The van der Waals surface area contributed by atoms with Gasteiger partial charge in [-0.2, -0.15) is 21.6 Å². The number of alkyl halides is 3. The van der Waals surface area contributed by atoms with Gasteiger partial charge >= 0.3 is 21.6 Å². The molecule has 0 aromatic heterocycles. The van der Waals surface area contributed by atoms with Crippen LogP contribution in [-0.4, -0.2) is 26.5 Å². The first-order valence-electron chi connectivity index (χ1n) is 7.44. The molecule has 9 heteroatoms. The van der Waals surface area contributed by atoms with Crippen LogP contribution in [0.15, 0.2) is 42.5 Å². The quantitative estimate of drug-likeness (QED) is 0.439. The van der Waals surface area contributed by atoms with Crippen LogP contribution in [0.3, 0.4) is 0 Å². The predicted octanol–water partition coefficient (Wildman–Crippen LogP) is 4.07. The van der Waals surface area contributed by atoms with Crippen LogP contribution in [0.1, 0.15) is 22.8 Å². The van der Waals surface area contributed by atoms with Crippen LogP contribution in [0.2, 0.25) is 0 Å². The average molecular weight is 388 g/mol. The van der Waals surface area contributed by atoms with Crippen molar-refractivity contribution >= 4 is 16.1 Å². The summed E-state index contributed by atoms with van der Waals surface area (Å²) in [5, 5.41) is 0. The van der Waals surface area contributed by atoms with Crippen molar-refractivity contribution in [3.8, 4) is 16.9 Å². The van der Waals surface area contributed by atoms with Crippen LogP contribution in [-0.2, 0) is 14.9 Å². The molecule has 0 heterocycles. The van der Waals surface area contributed by atoms with Gasteiger partial charge in [0.2, 0.25) is 0 Å². The molecule has 2 rings (SSSR count). The summed E-state index contributed by atoms with van der Waals surface area (Å²) in [5.74, 6) is -1.72. The van der Waals surface area contributed by atoms with Crippen molar-refractivity contribution in [3.05, 3.63) is 53.6 Å².